The highest BCUT2D eigenvalue weighted by Crippen LogP contribution is 2.46. The molecule has 1 spiro atoms. The van der Waals surface area contributed by atoms with Crippen LogP contribution in [0.4, 0.5) is 0 Å². The number of hydrogen-bond donors (Lipinski definition) is 3. The first-order chi connectivity index (χ1) is 15.0. The van der Waals surface area contributed by atoms with E-state index in [1.807, 2.05) is 48.5 Å². The summed E-state index contributed by atoms with van der Waals surface area (Å²) in [5.41, 5.74) is 1.58. The van der Waals surface area contributed by atoms with Crippen molar-refractivity contribution in [2.75, 3.05) is 6.61 Å². The number of benzene rings is 2. The van der Waals surface area contributed by atoms with E-state index in [1.54, 1.807) is 0 Å². The summed E-state index contributed by atoms with van der Waals surface area (Å²) in [4.78, 5) is 25.9. The minimum absolute atomic E-state index is 0.236. The third-order valence-corrected chi connectivity index (χ3v) is 6.22. The summed E-state index contributed by atoms with van der Waals surface area (Å²) in [6.07, 6.45) is -1.64. The second-order valence-electron chi connectivity index (χ2n) is 7.89. The van der Waals surface area contributed by atoms with Gasteiger partial charge in [-0.25, -0.2) is 4.79 Å². The van der Waals surface area contributed by atoms with E-state index >= 15 is 0 Å². The van der Waals surface area contributed by atoms with Crippen molar-refractivity contribution in [1.82, 2.24) is 9.55 Å². The van der Waals surface area contributed by atoms with E-state index in [9.17, 15) is 19.8 Å². The predicted octanol–water partition coefficient (Wildman–Crippen LogP) is 0.966. The third kappa shape index (κ3) is 3.16. The zero-order valence-corrected chi connectivity index (χ0v) is 16.6. The first kappa shape index (κ1) is 19.9. The minimum Gasteiger partial charge on any atom is -0.394 e. The Balaban J connectivity index is 1.58. The van der Waals surface area contributed by atoms with Gasteiger partial charge in [-0.2, -0.15) is 0 Å². The zero-order chi connectivity index (χ0) is 21.6. The van der Waals surface area contributed by atoms with Crippen LogP contribution in [0.3, 0.4) is 0 Å². The number of H-pyrrole nitrogens is 1. The van der Waals surface area contributed by atoms with Gasteiger partial charge in [0.05, 0.1) is 13.2 Å². The number of fused-ring (bicyclic) bond motifs is 1. The highest BCUT2D eigenvalue weighted by atomic mass is 16.6. The highest BCUT2D eigenvalue weighted by Gasteiger charge is 2.59. The summed E-state index contributed by atoms with van der Waals surface area (Å²) >= 11 is 0. The van der Waals surface area contributed by atoms with Crippen LogP contribution < -0.4 is 11.2 Å². The van der Waals surface area contributed by atoms with Gasteiger partial charge in [0.1, 0.15) is 17.8 Å². The summed E-state index contributed by atoms with van der Waals surface area (Å²) in [7, 11) is 0. The molecule has 3 N–H and O–H groups in total. The van der Waals surface area contributed by atoms with Crippen LogP contribution in [0.15, 0.2) is 70.4 Å². The molecule has 2 aliphatic rings. The number of aliphatic hydroxyl groups is 2. The molecule has 1 fully saturated rings. The number of rotatable bonds is 3. The molecule has 2 aromatic carbocycles. The lowest BCUT2D eigenvalue weighted by Crippen LogP contribution is -2.55. The number of hydrogen-bond acceptors (Lipinski definition) is 6. The van der Waals surface area contributed by atoms with Crippen molar-refractivity contribution in [1.29, 1.82) is 0 Å². The lowest BCUT2D eigenvalue weighted by atomic mass is 9.79. The van der Waals surface area contributed by atoms with Gasteiger partial charge in [0.15, 0.2) is 6.23 Å². The van der Waals surface area contributed by atoms with Gasteiger partial charge in [-0.15, -0.1) is 0 Å². The Hall–Kier alpha value is -3.04. The molecule has 0 radical (unpaired) electrons. The van der Waals surface area contributed by atoms with Gasteiger partial charge in [-0.05, 0) is 22.3 Å². The average molecular weight is 422 g/mol. The van der Waals surface area contributed by atoms with E-state index in [4.69, 9.17) is 9.47 Å². The van der Waals surface area contributed by atoms with Gasteiger partial charge < -0.3 is 19.7 Å². The predicted molar refractivity (Wildman–Crippen MR) is 111 cm³/mol. The fourth-order valence-electron chi connectivity index (χ4n) is 4.64. The molecule has 5 rings (SSSR count). The topological polar surface area (TPSA) is 114 Å². The molecule has 0 aliphatic carbocycles. The van der Waals surface area contributed by atoms with E-state index in [2.05, 4.69) is 4.98 Å². The van der Waals surface area contributed by atoms with Crippen LogP contribution in [0.1, 0.15) is 17.4 Å². The molecule has 0 unspecified atom stereocenters. The molecule has 3 heterocycles. The molecule has 160 valence electrons. The molecule has 31 heavy (non-hydrogen) atoms. The summed E-state index contributed by atoms with van der Waals surface area (Å²) in [5.74, 6) is 0. The molecule has 1 aromatic heterocycles. The van der Waals surface area contributed by atoms with Crippen LogP contribution in [-0.2, 0) is 22.5 Å². The van der Waals surface area contributed by atoms with E-state index < -0.39 is 41.9 Å². The third-order valence-electron chi connectivity index (χ3n) is 6.22. The maximum Gasteiger partial charge on any atom is 0.330 e. The average Bonchev–Trinajstić information content (AvgIpc) is 3.05. The van der Waals surface area contributed by atoms with Crippen molar-refractivity contribution in [2.24, 2.45) is 0 Å². The molecule has 0 bridgehead atoms. The van der Waals surface area contributed by atoms with Crippen LogP contribution in [0.2, 0.25) is 0 Å². The Morgan fingerprint density at radius 2 is 1.90 bits per heavy atom. The van der Waals surface area contributed by atoms with Crippen LogP contribution in [0.5, 0.6) is 0 Å². The van der Waals surface area contributed by atoms with Crippen molar-refractivity contribution in [3.8, 4) is 11.1 Å². The molecule has 3 aromatic rings. The maximum absolute atomic E-state index is 12.3. The monoisotopic (exact) mass is 422 g/mol. The zero-order valence-electron chi connectivity index (χ0n) is 16.6. The smallest absolute Gasteiger partial charge is 0.330 e. The fraction of sp³-hybridized carbons (Fsp3) is 0.304. The molecule has 0 saturated carbocycles. The van der Waals surface area contributed by atoms with Crippen LogP contribution in [-0.4, -0.2) is 44.2 Å². The lowest BCUT2D eigenvalue weighted by Gasteiger charge is -2.40. The Bertz CT molecular complexity index is 1220. The van der Waals surface area contributed by atoms with Crippen molar-refractivity contribution in [3.63, 3.8) is 0 Å². The van der Waals surface area contributed by atoms with E-state index in [0.717, 1.165) is 26.8 Å². The molecule has 4 atom stereocenters. The van der Waals surface area contributed by atoms with Gasteiger partial charge in [0, 0.05) is 18.7 Å². The normalized spacial score (nSPS) is 27.4. The molecule has 8 nitrogen and oxygen atoms in total. The Morgan fingerprint density at radius 3 is 2.65 bits per heavy atom. The number of nitrogens with zero attached hydrogens (tertiary/aromatic N) is 1. The van der Waals surface area contributed by atoms with Gasteiger partial charge in [0.25, 0.3) is 5.56 Å². The molecule has 1 saturated heterocycles. The summed E-state index contributed by atoms with van der Waals surface area (Å²) in [6, 6.07) is 17.1. The number of aliphatic hydroxyl groups excluding tert-OH is 2. The molecule has 2 aliphatic heterocycles. The Kier molecular flexibility index (Phi) is 4.86. The summed E-state index contributed by atoms with van der Waals surface area (Å²) in [6.45, 7) is -0.158. The summed E-state index contributed by atoms with van der Waals surface area (Å²) < 4.78 is 13.2. The van der Waals surface area contributed by atoms with E-state index in [1.165, 1.54) is 12.3 Å². The molecule has 8 heteroatoms. The van der Waals surface area contributed by atoms with E-state index in [-0.39, 0.29) is 6.61 Å². The number of aromatic amines is 1. The number of nitrogens with one attached hydrogen (secondary N) is 1. The standard InChI is InChI=1S/C23H22N2O6/c26-12-18-23(20(28)21(31-18)25-10-9-19(27)24-22(25)29)11-17-15(13-30-23)7-4-8-16(17)14-5-2-1-3-6-14/h1-10,18,20-21,26,28H,11-13H2,(H,24,27,29)/t18-,20+,21-,23-/m1/s1. The van der Waals surface area contributed by atoms with E-state index in [0.29, 0.717) is 6.42 Å². The lowest BCUT2D eigenvalue weighted by molar-refractivity contribution is -0.152. The van der Waals surface area contributed by atoms with Crippen molar-refractivity contribution in [3.05, 3.63) is 92.8 Å². The van der Waals surface area contributed by atoms with Gasteiger partial charge >= 0.3 is 5.69 Å². The Morgan fingerprint density at radius 1 is 1.10 bits per heavy atom. The minimum atomic E-state index is -1.25. The van der Waals surface area contributed by atoms with Crippen molar-refractivity contribution < 1.29 is 19.7 Å². The van der Waals surface area contributed by atoms with Crippen LogP contribution in [0, 0.1) is 0 Å². The van der Waals surface area contributed by atoms with Gasteiger partial charge in [-0.3, -0.25) is 14.3 Å². The highest BCUT2D eigenvalue weighted by molar-refractivity contribution is 5.69. The fourth-order valence-corrected chi connectivity index (χ4v) is 4.64. The second kappa shape index (κ2) is 7.58. The summed E-state index contributed by atoms with van der Waals surface area (Å²) in [5, 5.41) is 21.3. The maximum atomic E-state index is 12.3. The second-order valence-corrected chi connectivity index (χ2v) is 7.89. The van der Waals surface area contributed by atoms with Crippen LogP contribution >= 0.6 is 0 Å². The SMILES string of the molecule is O=c1ccn([C@@H]2O[C@H](CO)[C@]3(Cc4c(cccc4-c4ccccc4)CO3)[C@H]2O)c(=O)[nH]1. The Labute approximate surface area is 177 Å². The molecule has 0 amide bonds. The van der Waals surface area contributed by atoms with Crippen LogP contribution in [0.25, 0.3) is 11.1 Å². The quantitative estimate of drug-likeness (QED) is 0.580. The largest absolute Gasteiger partial charge is 0.394 e. The van der Waals surface area contributed by atoms with Gasteiger partial charge in [-0.1, -0.05) is 48.5 Å². The first-order valence-electron chi connectivity index (χ1n) is 10.1. The molecular formula is C23H22N2O6. The van der Waals surface area contributed by atoms with Crippen molar-refractivity contribution in [2.45, 2.75) is 37.1 Å². The van der Waals surface area contributed by atoms with Gasteiger partial charge in [0.2, 0.25) is 0 Å². The number of aromatic nitrogens is 2. The van der Waals surface area contributed by atoms with Crippen molar-refractivity contribution >= 4 is 0 Å². The number of ether oxygens (including phenoxy) is 2. The first-order valence-corrected chi connectivity index (χ1v) is 10.1. The molecular weight excluding hydrogens is 400 g/mol.